The Morgan fingerprint density at radius 3 is 0.840 bits per heavy atom. The molecule has 0 nitrogen and oxygen atoms in total. The van der Waals surface area contributed by atoms with Crippen molar-refractivity contribution in [3.05, 3.63) is 69.3 Å². The summed E-state index contributed by atoms with van der Waals surface area (Å²) in [4.78, 5) is 0. The molecule has 2 rings (SSSR count). The molecule has 12 heteroatoms. The van der Waals surface area contributed by atoms with Crippen molar-refractivity contribution in [3.63, 3.8) is 0 Å². The van der Waals surface area contributed by atoms with Crippen LogP contribution in [0.15, 0.2) is 0 Å². The maximum absolute atomic E-state index is 13.8. The van der Waals surface area contributed by atoms with Crippen molar-refractivity contribution in [1.82, 2.24) is 0 Å². The van der Waals surface area contributed by atoms with E-state index in [1.54, 1.807) is 0 Å². The van der Waals surface area contributed by atoms with Crippen molar-refractivity contribution < 1.29 is 43.9 Å². The standard InChI is InChI=1S/C13H2BrF10P/c14-25-13(1-3(15)7(19)11(23)8(20)4(1)16)2-5(17)9(21)12(24)10(22)6(2)18/h13,25H. The molecular weight excluding hydrogens is 457 g/mol. The Morgan fingerprint density at radius 1 is 0.440 bits per heavy atom. The smallest absolute Gasteiger partial charge is 0.200 e. The lowest BCUT2D eigenvalue weighted by atomic mass is 10.0. The van der Waals surface area contributed by atoms with Crippen LogP contribution in [-0.2, 0) is 0 Å². The zero-order valence-corrected chi connectivity index (χ0v) is 13.8. The molecule has 0 N–H and O–H groups in total. The van der Waals surface area contributed by atoms with Gasteiger partial charge in [0.1, 0.15) is 0 Å². The van der Waals surface area contributed by atoms with Crippen molar-refractivity contribution in [2.24, 2.45) is 0 Å². The maximum Gasteiger partial charge on any atom is 0.200 e. The summed E-state index contributed by atoms with van der Waals surface area (Å²) in [5, 5.41) is 0. The van der Waals surface area contributed by atoms with Gasteiger partial charge in [0.25, 0.3) is 0 Å². The summed E-state index contributed by atoms with van der Waals surface area (Å²) in [6, 6.07) is 0. The molecule has 0 aromatic heterocycles. The molecule has 0 aliphatic carbocycles. The second-order valence-corrected chi connectivity index (χ2v) is 6.68. The van der Waals surface area contributed by atoms with Gasteiger partial charge in [0.05, 0.1) is 0 Å². The van der Waals surface area contributed by atoms with E-state index < -0.39 is 82.2 Å². The Hall–Kier alpha value is -1.35. The number of rotatable bonds is 3. The first kappa shape index (κ1) is 20.0. The van der Waals surface area contributed by atoms with Gasteiger partial charge in [-0.25, -0.2) is 43.9 Å². The van der Waals surface area contributed by atoms with Gasteiger partial charge in [-0.3, -0.25) is 0 Å². The first-order valence-corrected chi connectivity index (χ1v) is 9.28. The summed E-state index contributed by atoms with van der Waals surface area (Å²) in [6.45, 7) is 0. The van der Waals surface area contributed by atoms with E-state index in [1.807, 2.05) is 0 Å². The zero-order chi connectivity index (χ0) is 19.2. The van der Waals surface area contributed by atoms with E-state index in [2.05, 4.69) is 15.5 Å². The summed E-state index contributed by atoms with van der Waals surface area (Å²) >= 11 is 2.55. The van der Waals surface area contributed by atoms with Crippen LogP contribution < -0.4 is 0 Å². The van der Waals surface area contributed by atoms with E-state index >= 15 is 0 Å². The minimum atomic E-state index is -2.53. The Bertz CT molecular complexity index is 741. The largest absolute Gasteiger partial charge is 0.203 e. The normalized spacial score (nSPS) is 12.0. The molecule has 25 heavy (non-hydrogen) atoms. The molecule has 0 saturated heterocycles. The minimum Gasteiger partial charge on any atom is -0.203 e. The monoisotopic (exact) mass is 458 g/mol. The van der Waals surface area contributed by atoms with Crippen molar-refractivity contribution in [2.75, 3.05) is 0 Å². The van der Waals surface area contributed by atoms with Gasteiger partial charge < -0.3 is 0 Å². The first-order valence-electron chi connectivity index (χ1n) is 5.94. The van der Waals surface area contributed by atoms with Crippen molar-refractivity contribution in [1.29, 1.82) is 0 Å². The molecule has 0 heterocycles. The third-order valence-corrected chi connectivity index (χ3v) is 5.34. The van der Waals surface area contributed by atoms with Crippen LogP contribution in [0.2, 0.25) is 0 Å². The number of hydrogen-bond acceptors (Lipinski definition) is 0. The van der Waals surface area contributed by atoms with Crippen molar-refractivity contribution in [2.45, 2.75) is 5.66 Å². The second kappa shape index (κ2) is 7.11. The molecule has 0 aliphatic heterocycles. The first-order chi connectivity index (χ1) is 11.6. The molecule has 2 aromatic rings. The fourth-order valence-corrected chi connectivity index (χ4v) is 4.10. The van der Waals surface area contributed by atoms with Gasteiger partial charge in [-0.2, -0.15) is 0 Å². The van der Waals surface area contributed by atoms with E-state index in [-0.39, 0.29) is 0 Å². The molecule has 0 bridgehead atoms. The van der Waals surface area contributed by atoms with E-state index in [0.29, 0.717) is 0 Å². The van der Waals surface area contributed by atoms with Gasteiger partial charge in [-0.1, -0.05) is 15.5 Å². The van der Waals surface area contributed by atoms with Gasteiger partial charge in [0, 0.05) is 16.8 Å². The van der Waals surface area contributed by atoms with Gasteiger partial charge in [0.15, 0.2) is 46.5 Å². The van der Waals surface area contributed by atoms with Crippen molar-refractivity contribution in [3.8, 4) is 0 Å². The molecule has 136 valence electrons. The van der Waals surface area contributed by atoms with E-state index in [4.69, 9.17) is 0 Å². The zero-order valence-electron chi connectivity index (χ0n) is 11.2. The third-order valence-electron chi connectivity index (χ3n) is 3.17. The summed E-state index contributed by atoms with van der Waals surface area (Å²) < 4.78 is 134. The van der Waals surface area contributed by atoms with Crippen LogP contribution in [0, 0.1) is 58.2 Å². The van der Waals surface area contributed by atoms with Crippen LogP contribution in [0.3, 0.4) is 0 Å². The Kier molecular flexibility index (Phi) is 5.68. The highest BCUT2D eigenvalue weighted by Crippen LogP contribution is 2.49. The quantitative estimate of drug-likeness (QED) is 0.224. The molecule has 0 aliphatic rings. The third kappa shape index (κ3) is 3.01. The summed E-state index contributed by atoms with van der Waals surface area (Å²) in [7, 11) is -1.19. The van der Waals surface area contributed by atoms with Crippen LogP contribution in [0.1, 0.15) is 16.8 Å². The molecule has 1 atom stereocenters. The predicted octanol–water partition coefficient (Wildman–Crippen LogP) is 6.16. The average molecular weight is 459 g/mol. The van der Waals surface area contributed by atoms with Gasteiger partial charge in [0.2, 0.25) is 11.6 Å². The maximum atomic E-state index is 13.8. The fourth-order valence-electron chi connectivity index (χ4n) is 2.00. The SMILES string of the molecule is Fc1c(F)c(F)c(C(PBr)c2c(F)c(F)c(F)c(F)c2F)c(F)c1F. The summed E-state index contributed by atoms with van der Waals surface area (Å²) in [5.74, 6) is -24.5. The lowest BCUT2D eigenvalue weighted by Crippen LogP contribution is -2.14. The van der Waals surface area contributed by atoms with Crippen LogP contribution in [0.4, 0.5) is 43.9 Å². The summed E-state index contributed by atoms with van der Waals surface area (Å²) in [6.07, 6.45) is 0. The lowest BCUT2D eigenvalue weighted by Gasteiger charge is -2.19. The highest BCUT2D eigenvalue weighted by Gasteiger charge is 2.36. The number of benzene rings is 2. The van der Waals surface area contributed by atoms with Crippen molar-refractivity contribution >= 4 is 22.8 Å². The van der Waals surface area contributed by atoms with Crippen LogP contribution in [-0.4, -0.2) is 0 Å². The molecule has 1 unspecified atom stereocenters. The molecule has 0 amide bonds. The van der Waals surface area contributed by atoms with E-state index in [0.717, 1.165) is 0 Å². The van der Waals surface area contributed by atoms with E-state index in [1.165, 1.54) is 0 Å². The molecular formula is C13H2BrF10P. The topological polar surface area (TPSA) is 0 Å². The molecule has 2 aromatic carbocycles. The highest BCUT2D eigenvalue weighted by atomic mass is 79.9. The van der Waals surface area contributed by atoms with E-state index in [9.17, 15) is 43.9 Å². The molecule has 0 spiro atoms. The minimum absolute atomic E-state index is 1.19. The fraction of sp³-hybridized carbons (Fsp3) is 0.0769. The molecule has 0 fully saturated rings. The van der Waals surface area contributed by atoms with Gasteiger partial charge >= 0.3 is 0 Å². The molecule has 0 radical (unpaired) electrons. The average Bonchev–Trinajstić information content (AvgIpc) is 2.60. The Morgan fingerprint density at radius 2 is 0.640 bits per heavy atom. The molecule has 0 saturated carbocycles. The number of halogens is 11. The lowest BCUT2D eigenvalue weighted by molar-refractivity contribution is 0.361. The number of hydrogen-bond donors (Lipinski definition) is 0. The van der Waals surface area contributed by atoms with Gasteiger partial charge in [-0.15, -0.1) is 0 Å². The Labute approximate surface area is 142 Å². The highest BCUT2D eigenvalue weighted by molar-refractivity contribution is 9.36. The summed E-state index contributed by atoms with van der Waals surface area (Å²) in [5.41, 5.74) is -5.82. The second-order valence-electron chi connectivity index (χ2n) is 4.51. The van der Waals surface area contributed by atoms with Crippen LogP contribution >= 0.6 is 22.8 Å². The predicted molar refractivity (Wildman–Crippen MR) is 71.5 cm³/mol. The van der Waals surface area contributed by atoms with Gasteiger partial charge in [-0.05, 0) is 7.28 Å². The van der Waals surface area contributed by atoms with Crippen LogP contribution in [0.25, 0.3) is 0 Å². The Balaban J connectivity index is 2.90. The van der Waals surface area contributed by atoms with Crippen LogP contribution in [0.5, 0.6) is 0 Å².